The molecular formula is C12H17F3N2OS. The lowest BCUT2D eigenvalue weighted by Crippen LogP contribution is -2.40. The minimum Gasteiger partial charge on any atom is -0.598 e. The van der Waals surface area contributed by atoms with Crippen LogP contribution in [0.1, 0.15) is 32.0 Å². The summed E-state index contributed by atoms with van der Waals surface area (Å²) in [7, 11) is 0. The Hall–Kier alpha value is -0.790. The van der Waals surface area contributed by atoms with Crippen molar-refractivity contribution in [3.63, 3.8) is 0 Å². The lowest BCUT2D eigenvalue weighted by molar-refractivity contribution is -0.141. The van der Waals surface area contributed by atoms with Crippen molar-refractivity contribution >= 4 is 11.4 Å². The second kappa shape index (κ2) is 6.11. The predicted octanol–water partition coefficient (Wildman–Crippen LogP) is 2.69. The zero-order valence-corrected chi connectivity index (χ0v) is 11.9. The molecule has 1 atom stereocenters. The fraction of sp³-hybridized carbons (Fsp3) is 0.583. The monoisotopic (exact) mass is 294 g/mol. The standard InChI is InChI=1S/C12H17F3N2OS/c1-11(2,3)19(18)17-7-5-9-4-6-16-10(8-9)12(13,14)15/h4,6,8,17H,5,7H2,1-3H3. The van der Waals surface area contributed by atoms with E-state index in [9.17, 15) is 17.7 Å². The van der Waals surface area contributed by atoms with Crippen LogP contribution in [0.15, 0.2) is 18.3 Å². The smallest absolute Gasteiger partial charge is 0.433 e. The molecule has 1 heterocycles. The first kappa shape index (κ1) is 16.3. The third-order valence-corrected chi connectivity index (χ3v) is 3.90. The molecule has 1 N–H and O–H groups in total. The molecule has 0 amide bonds. The van der Waals surface area contributed by atoms with Crippen LogP contribution >= 0.6 is 0 Å². The molecule has 1 rings (SSSR count). The Morgan fingerprint density at radius 1 is 1.32 bits per heavy atom. The van der Waals surface area contributed by atoms with Crippen molar-refractivity contribution in [1.82, 2.24) is 9.71 Å². The van der Waals surface area contributed by atoms with E-state index >= 15 is 0 Å². The van der Waals surface area contributed by atoms with Crippen LogP contribution in [0.3, 0.4) is 0 Å². The van der Waals surface area contributed by atoms with Crippen molar-refractivity contribution in [3.05, 3.63) is 29.6 Å². The van der Waals surface area contributed by atoms with Gasteiger partial charge in [0.25, 0.3) is 0 Å². The number of rotatable bonds is 4. The molecule has 108 valence electrons. The molecule has 7 heteroatoms. The number of alkyl halides is 3. The van der Waals surface area contributed by atoms with Crippen molar-refractivity contribution in [1.29, 1.82) is 0 Å². The Labute approximate surface area is 113 Å². The third kappa shape index (κ3) is 5.38. The van der Waals surface area contributed by atoms with Gasteiger partial charge in [0.15, 0.2) is 0 Å². The third-order valence-electron chi connectivity index (χ3n) is 2.32. The molecule has 0 saturated carbocycles. The van der Waals surface area contributed by atoms with E-state index in [1.807, 2.05) is 20.8 Å². The molecule has 1 aromatic heterocycles. The fourth-order valence-electron chi connectivity index (χ4n) is 1.29. The van der Waals surface area contributed by atoms with Crippen molar-refractivity contribution in [2.75, 3.05) is 6.54 Å². The average Bonchev–Trinajstić information content (AvgIpc) is 2.27. The highest BCUT2D eigenvalue weighted by Gasteiger charge is 2.32. The van der Waals surface area contributed by atoms with Crippen LogP contribution in [0.4, 0.5) is 13.2 Å². The zero-order valence-electron chi connectivity index (χ0n) is 11.0. The molecule has 0 aliphatic rings. The number of aromatic nitrogens is 1. The molecule has 0 aliphatic heterocycles. The van der Waals surface area contributed by atoms with Gasteiger partial charge in [-0.25, -0.2) is 0 Å². The summed E-state index contributed by atoms with van der Waals surface area (Å²) in [6.07, 6.45) is -2.93. The van der Waals surface area contributed by atoms with Crippen molar-refractivity contribution < 1.29 is 17.7 Å². The Balaban J connectivity index is 2.55. The van der Waals surface area contributed by atoms with Crippen LogP contribution < -0.4 is 4.72 Å². The maximum atomic E-state index is 12.4. The maximum absolute atomic E-state index is 12.4. The number of hydrogen-bond acceptors (Lipinski definition) is 3. The fourth-order valence-corrected chi connectivity index (χ4v) is 2.01. The summed E-state index contributed by atoms with van der Waals surface area (Å²) >= 11 is -1.22. The summed E-state index contributed by atoms with van der Waals surface area (Å²) in [6.45, 7) is 5.82. The van der Waals surface area contributed by atoms with Crippen LogP contribution in [-0.4, -0.2) is 20.8 Å². The van der Waals surface area contributed by atoms with Gasteiger partial charge in [0, 0.05) is 24.1 Å². The number of nitrogens with one attached hydrogen (secondary N) is 1. The summed E-state index contributed by atoms with van der Waals surface area (Å²) in [4.78, 5) is 3.29. The van der Waals surface area contributed by atoms with E-state index in [1.165, 1.54) is 6.07 Å². The molecule has 0 aliphatic carbocycles. The summed E-state index contributed by atoms with van der Waals surface area (Å²) in [5, 5.41) is 0. The number of pyridine rings is 1. The first-order chi connectivity index (χ1) is 8.60. The van der Waals surface area contributed by atoms with Gasteiger partial charge >= 0.3 is 6.18 Å². The molecule has 3 nitrogen and oxygen atoms in total. The average molecular weight is 294 g/mol. The van der Waals surface area contributed by atoms with Gasteiger partial charge in [-0.3, -0.25) is 4.98 Å². The molecule has 0 aromatic carbocycles. The highest BCUT2D eigenvalue weighted by atomic mass is 32.2. The summed E-state index contributed by atoms with van der Waals surface area (Å²) in [5.74, 6) is 0. The largest absolute Gasteiger partial charge is 0.598 e. The summed E-state index contributed by atoms with van der Waals surface area (Å²) < 4.78 is 51.4. The molecule has 0 fully saturated rings. The van der Waals surface area contributed by atoms with Gasteiger partial charge in [0.1, 0.15) is 10.4 Å². The van der Waals surface area contributed by atoms with E-state index in [-0.39, 0.29) is 0 Å². The van der Waals surface area contributed by atoms with Crippen molar-refractivity contribution in [2.45, 2.75) is 38.1 Å². The predicted molar refractivity (Wildman–Crippen MR) is 68.8 cm³/mol. The molecule has 1 unspecified atom stereocenters. The van der Waals surface area contributed by atoms with E-state index in [2.05, 4.69) is 9.71 Å². The Bertz CT molecular complexity index is 418. The zero-order chi connectivity index (χ0) is 14.7. The maximum Gasteiger partial charge on any atom is 0.433 e. The van der Waals surface area contributed by atoms with Crippen LogP contribution in [0, 0.1) is 0 Å². The van der Waals surface area contributed by atoms with Gasteiger partial charge < -0.3 is 4.55 Å². The van der Waals surface area contributed by atoms with Gasteiger partial charge in [0.2, 0.25) is 0 Å². The van der Waals surface area contributed by atoms with E-state index in [4.69, 9.17) is 0 Å². The Kier molecular flexibility index (Phi) is 5.23. The molecular weight excluding hydrogens is 277 g/mol. The Morgan fingerprint density at radius 2 is 1.95 bits per heavy atom. The molecule has 0 radical (unpaired) electrons. The van der Waals surface area contributed by atoms with E-state index < -0.39 is 28.0 Å². The molecule has 0 bridgehead atoms. The first-order valence-corrected chi connectivity index (χ1v) is 6.93. The van der Waals surface area contributed by atoms with E-state index in [0.717, 1.165) is 12.3 Å². The lowest BCUT2D eigenvalue weighted by Gasteiger charge is -2.23. The summed E-state index contributed by atoms with van der Waals surface area (Å²) in [6, 6.07) is 2.54. The van der Waals surface area contributed by atoms with E-state index in [0.29, 0.717) is 18.5 Å². The second-order valence-corrected chi connectivity index (χ2v) is 7.12. The normalized spacial score (nSPS) is 14.5. The number of halogens is 3. The molecule has 1 aromatic rings. The summed E-state index contributed by atoms with van der Waals surface area (Å²) in [5.41, 5.74) is -0.386. The topological polar surface area (TPSA) is 48.0 Å². The minimum absolute atomic E-state index is 0.352. The molecule has 19 heavy (non-hydrogen) atoms. The molecule has 0 spiro atoms. The van der Waals surface area contributed by atoms with Gasteiger partial charge in [-0.2, -0.15) is 13.2 Å². The van der Waals surface area contributed by atoms with Gasteiger partial charge in [-0.05, 0) is 44.9 Å². The minimum atomic E-state index is -4.43. The van der Waals surface area contributed by atoms with Crippen LogP contribution in [-0.2, 0) is 24.0 Å². The SMILES string of the molecule is CC(C)(C)[S+]([O-])NCCc1ccnc(C(F)(F)F)c1. The van der Waals surface area contributed by atoms with Crippen LogP contribution in [0.25, 0.3) is 0 Å². The highest BCUT2D eigenvalue weighted by Crippen LogP contribution is 2.27. The number of nitrogens with zero attached hydrogens (tertiary/aromatic N) is 1. The van der Waals surface area contributed by atoms with E-state index in [1.54, 1.807) is 0 Å². The second-order valence-electron chi connectivity index (χ2n) is 5.07. The lowest BCUT2D eigenvalue weighted by atomic mass is 10.1. The quantitative estimate of drug-likeness (QED) is 0.869. The van der Waals surface area contributed by atoms with Crippen LogP contribution in [0.2, 0.25) is 0 Å². The number of hydrogen-bond donors (Lipinski definition) is 1. The van der Waals surface area contributed by atoms with Gasteiger partial charge in [0.05, 0.1) is 0 Å². The molecule has 0 saturated heterocycles. The van der Waals surface area contributed by atoms with Crippen LogP contribution in [0.5, 0.6) is 0 Å². The first-order valence-electron chi connectivity index (χ1n) is 5.78. The van der Waals surface area contributed by atoms with Gasteiger partial charge in [-0.15, -0.1) is 4.72 Å². The highest BCUT2D eigenvalue weighted by molar-refractivity contribution is 7.90. The van der Waals surface area contributed by atoms with Crippen molar-refractivity contribution in [3.8, 4) is 0 Å². The Morgan fingerprint density at radius 3 is 2.47 bits per heavy atom. The van der Waals surface area contributed by atoms with Gasteiger partial charge in [-0.1, -0.05) is 0 Å². The van der Waals surface area contributed by atoms with Crippen molar-refractivity contribution in [2.24, 2.45) is 0 Å².